The molecule has 2 N–H and O–H groups in total. The second kappa shape index (κ2) is 5.19. The second-order valence-corrected chi connectivity index (χ2v) is 6.07. The molecule has 2 aromatic heterocycles. The monoisotopic (exact) mass is 309 g/mol. The first-order valence-electron chi connectivity index (χ1n) is 6.04. The number of hydrogen-bond donors (Lipinski definition) is 2. The standard InChI is InChI=1S/C12H11N3O5S/c16-12-15-10-2-1-9(5-11(10)20-12)21(17,18)14-4-3-8-6-19-7-13-8/h1-2,5-7,14H,3-4H2,(H,15,16). The molecule has 0 radical (unpaired) electrons. The zero-order valence-corrected chi connectivity index (χ0v) is 11.5. The van der Waals surface area contributed by atoms with Gasteiger partial charge in [0.2, 0.25) is 10.0 Å². The fourth-order valence-electron chi connectivity index (χ4n) is 1.85. The van der Waals surface area contributed by atoms with E-state index in [1.807, 2.05) is 0 Å². The lowest BCUT2D eigenvalue weighted by molar-refractivity contribution is 0.553. The quantitative estimate of drug-likeness (QED) is 0.713. The third-order valence-corrected chi connectivity index (χ3v) is 4.32. The SMILES string of the molecule is O=c1[nH]c2ccc(S(=O)(=O)NCCc3cocn3)cc2o1. The minimum atomic E-state index is -3.68. The summed E-state index contributed by atoms with van der Waals surface area (Å²) in [5.41, 5.74) is 1.30. The molecule has 0 aliphatic rings. The second-order valence-electron chi connectivity index (χ2n) is 4.30. The van der Waals surface area contributed by atoms with Crippen LogP contribution in [0.1, 0.15) is 5.69 Å². The highest BCUT2D eigenvalue weighted by Crippen LogP contribution is 2.16. The van der Waals surface area contributed by atoms with Gasteiger partial charge in [-0.15, -0.1) is 0 Å². The Morgan fingerprint density at radius 1 is 1.33 bits per heavy atom. The van der Waals surface area contributed by atoms with Gasteiger partial charge >= 0.3 is 5.76 Å². The number of hydrogen-bond acceptors (Lipinski definition) is 6. The van der Waals surface area contributed by atoms with E-state index in [9.17, 15) is 13.2 Å². The number of H-pyrrole nitrogens is 1. The molecule has 3 rings (SSSR count). The third-order valence-electron chi connectivity index (χ3n) is 2.86. The highest BCUT2D eigenvalue weighted by molar-refractivity contribution is 7.89. The number of aromatic amines is 1. The lowest BCUT2D eigenvalue weighted by Crippen LogP contribution is -2.26. The molecule has 0 aliphatic carbocycles. The molecule has 110 valence electrons. The summed E-state index contributed by atoms with van der Waals surface area (Å²) in [4.78, 5) is 17.4. The lowest BCUT2D eigenvalue weighted by atomic mass is 10.3. The molecule has 1 aromatic carbocycles. The zero-order chi connectivity index (χ0) is 14.9. The lowest BCUT2D eigenvalue weighted by Gasteiger charge is -2.05. The number of fused-ring (bicyclic) bond motifs is 1. The van der Waals surface area contributed by atoms with E-state index in [1.54, 1.807) is 0 Å². The fourth-order valence-corrected chi connectivity index (χ4v) is 2.90. The molecule has 0 aliphatic heterocycles. The summed E-state index contributed by atoms with van der Waals surface area (Å²) in [6.45, 7) is 0.185. The number of sulfonamides is 1. The van der Waals surface area contributed by atoms with Crippen LogP contribution in [-0.2, 0) is 16.4 Å². The Bertz CT molecular complexity index is 908. The van der Waals surface area contributed by atoms with Crippen LogP contribution < -0.4 is 10.5 Å². The largest absolute Gasteiger partial charge is 0.451 e. The van der Waals surface area contributed by atoms with Gasteiger partial charge in [0.1, 0.15) is 6.26 Å². The normalized spacial score (nSPS) is 12.0. The summed E-state index contributed by atoms with van der Waals surface area (Å²) in [5.74, 6) is -0.626. The molecule has 3 aromatic rings. The van der Waals surface area contributed by atoms with E-state index in [4.69, 9.17) is 8.83 Å². The summed E-state index contributed by atoms with van der Waals surface area (Å²) >= 11 is 0. The Kier molecular flexibility index (Phi) is 3.35. The van der Waals surface area contributed by atoms with Gasteiger partial charge < -0.3 is 8.83 Å². The molecule has 0 saturated heterocycles. The van der Waals surface area contributed by atoms with Crippen molar-refractivity contribution in [1.29, 1.82) is 0 Å². The molecule has 8 nitrogen and oxygen atoms in total. The van der Waals surface area contributed by atoms with Gasteiger partial charge in [0.25, 0.3) is 0 Å². The van der Waals surface area contributed by atoms with Crippen molar-refractivity contribution in [1.82, 2.24) is 14.7 Å². The summed E-state index contributed by atoms with van der Waals surface area (Å²) in [5, 5.41) is 0. The molecule has 0 atom stereocenters. The van der Waals surface area contributed by atoms with Crippen molar-refractivity contribution < 1.29 is 17.3 Å². The summed E-state index contributed by atoms with van der Waals surface area (Å²) < 4.78 is 36.3. The maximum absolute atomic E-state index is 12.1. The smallest absolute Gasteiger partial charge is 0.417 e. The average Bonchev–Trinajstić information content (AvgIpc) is 3.05. The number of nitrogens with zero attached hydrogens (tertiary/aromatic N) is 1. The molecule has 0 saturated carbocycles. The fraction of sp³-hybridized carbons (Fsp3) is 0.167. The molecule has 0 amide bonds. The zero-order valence-electron chi connectivity index (χ0n) is 10.7. The molecule has 2 heterocycles. The Morgan fingerprint density at radius 3 is 2.95 bits per heavy atom. The third kappa shape index (κ3) is 2.88. The molecule has 9 heteroatoms. The Morgan fingerprint density at radius 2 is 2.19 bits per heavy atom. The summed E-state index contributed by atoms with van der Waals surface area (Å²) in [6.07, 6.45) is 3.15. The molecule has 0 bridgehead atoms. The van der Waals surface area contributed by atoms with Gasteiger partial charge in [0.05, 0.1) is 16.1 Å². The van der Waals surface area contributed by atoms with E-state index in [2.05, 4.69) is 14.7 Å². The number of nitrogens with one attached hydrogen (secondary N) is 2. The summed E-state index contributed by atoms with van der Waals surface area (Å²) in [7, 11) is -3.68. The number of oxazole rings is 2. The van der Waals surface area contributed by atoms with Gasteiger partial charge in [-0.25, -0.2) is 22.9 Å². The van der Waals surface area contributed by atoms with Crippen LogP contribution in [0, 0.1) is 0 Å². The van der Waals surface area contributed by atoms with Crippen LogP contribution >= 0.6 is 0 Å². The van der Waals surface area contributed by atoms with Gasteiger partial charge in [0, 0.05) is 19.0 Å². The topological polar surface area (TPSA) is 118 Å². The van der Waals surface area contributed by atoms with Crippen LogP contribution in [-0.4, -0.2) is 24.9 Å². The molecule has 0 spiro atoms. The van der Waals surface area contributed by atoms with Crippen molar-refractivity contribution in [2.24, 2.45) is 0 Å². The van der Waals surface area contributed by atoms with E-state index in [-0.39, 0.29) is 17.0 Å². The number of benzene rings is 1. The van der Waals surface area contributed by atoms with Gasteiger partial charge in [-0.3, -0.25) is 4.98 Å². The van der Waals surface area contributed by atoms with Crippen LogP contribution in [0.5, 0.6) is 0 Å². The van der Waals surface area contributed by atoms with E-state index in [1.165, 1.54) is 30.9 Å². The maximum atomic E-state index is 12.1. The first-order chi connectivity index (χ1) is 10.0. The minimum Gasteiger partial charge on any atom is -0.451 e. The highest BCUT2D eigenvalue weighted by Gasteiger charge is 2.15. The van der Waals surface area contributed by atoms with Gasteiger partial charge in [-0.1, -0.05) is 0 Å². The van der Waals surface area contributed by atoms with Crippen LogP contribution in [0.15, 0.2) is 49.4 Å². The van der Waals surface area contributed by atoms with Crippen LogP contribution in [0.25, 0.3) is 11.1 Å². The average molecular weight is 309 g/mol. The van der Waals surface area contributed by atoms with Crippen molar-refractivity contribution in [2.75, 3.05) is 6.54 Å². The predicted octanol–water partition coefficient (Wildman–Crippen LogP) is 0.630. The van der Waals surface area contributed by atoms with Crippen LogP contribution in [0.4, 0.5) is 0 Å². The molecule has 0 unspecified atom stereocenters. The molecule has 21 heavy (non-hydrogen) atoms. The summed E-state index contributed by atoms with van der Waals surface area (Å²) in [6, 6.07) is 4.17. The van der Waals surface area contributed by atoms with E-state index < -0.39 is 15.8 Å². The predicted molar refractivity (Wildman–Crippen MR) is 72.2 cm³/mol. The molecular formula is C12H11N3O5S. The highest BCUT2D eigenvalue weighted by atomic mass is 32.2. The Labute approximate surface area is 118 Å². The van der Waals surface area contributed by atoms with Crippen molar-refractivity contribution in [2.45, 2.75) is 11.3 Å². The first kappa shape index (κ1) is 13.6. The molecular weight excluding hydrogens is 298 g/mol. The van der Waals surface area contributed by atoms with Crippen molar-refractivity contribution in [3.63, 3.8) is 0 Å². The Hall–Kier alpha value is -2.39. The van der Waals surface area contributed by atoms with Crippen LogP contribution in [0.3, 0.4) is 0 Å². The van der Waals surface area contributed by atoms with E-state index in [0.29, 0.717) is 17.6 Å². The number of rotatable bonds is 5. The Balaban J connectivity index is 1.77. The minimum absolute atomic E-state index is 0.0258. The van der Waals surface area contributed by atoms with E-state index in [0.717, 1.165) is 0 Å². The van der Waals surface area contributed by atoms with Gasteiger partial charge in [-0.05, 0) is 12.1 Å². The first-order valence-corrected chi connectivity index (χ1v) is 7.52. The maximum Gasteiger partial charge on any atom is 0.417 e. The van der Waals surface area contributed by atoms with Gasteiger partial charge in [0.15, 0.2) is 12.0 Å². The van der Waals surface area contributed by atoms with Gasteiger partial charge in [-0.2, -0.15) is 0 Å². The van der Waals surface area contributed by atoms with Crippen molar-refractivity contribution in [3.8, 4) is 0 Å². The number of aromatic nitrogens is 2. The van der Waals surface area contributed by atoms with Crippen LogP contribution in [0.2, 0.25) is 0 Å². The van der Waals surface area contributed by atoms with Crippen molar-refractivity contribution in [3.05, 3.63) is 47.1 Å². The van der Waals surface area contributed by atoms with E-state index >= 15 is 0 Å². The van der Waals surface area contributed by atoms with Crippen molar-refractivity contribution >= 4 is 21.1 Å². The molecule has 0 fully saturated rings.